The van der Waals surface area contributed by atoms with Crippen molar-refractivity contribution in [3.8, 4) is 0 Å². The van der Waals surface area contributed by atoms with Gasteiger partial charge in [-0.15, -0.1) is 11.8 Å². The van der Waals surface area contributed by atoms with E-state index >= 15 is 0 Å². The Kier molecular flexibility index (Phi) is 5.48. The second-order valence-corrected chi connectivity index (χ2v) is 4.42. The SMILES string of the molecule is Cc1cccc(CNC(=O)CSCC(=O)O)n1. The van der Waals surface area contributed by atoms with Crippen molar-refractivity contribution in [1.82, 2.24) is 10.3 Å². The molecule has 0 saturated heterocycles. The summed E-state index contributed by atoms with van der Waals surface area (Å²) in [6, 6.07) is 5.59. The summed E-state index contributed by atoms with van der Waals surface area (Å²) in [5.74, 6) is -1.00. The first-order chi connectivity index (χ1) is 8.08. The number of pyridine rings is 1. The smallest absolute Gasteiger partial charge is 0.313 e. The molecule has 0 radical (unpaired) electrons. The van der Waals surface area contributed by atoms with Crippen LogP contribution < -0.4 is 5.32 Å². The van der Waals surface area contributed by atoms with Crippen molar-refractivity contribution >= 4 is 23.6 Å². The van der Waals surface area contributed by atoms with Gasteiger partial charge in [-0.2, -0.15) is 0 Å². The van der Waals surface area contributed by atoms with Crippen molar-refractivity contribution in [3.05, 3.63) is 29.6 Å². The van der Waals surface area contributed by atoms with Crippen molar-refractivity contribution in [2.75, 3.05) is 11.5 Å². The summed E-state index contributed by atoms with van der Waals surface area (Å²) in [6.45, 7) is 2.25. The third-order valence-electron chi connectivity index (χ3n) is 1.87. The van der Waals surface area contributed by atoms with Gasteiger partial charge in [-0.25, -0.2) is 0 Å². The maximum Gasteiger partial charge on any atom is 0.313 e. The van der Waals surface area contributed by atoms with Crippen LogP contribution in [0.4, 0.5) is 0 Å². The zero-order valence-corrected chi connectivity index (χ0v) is 10.3. The van der Waals surface area contributed by atoms with E-state index in [1.807, 2.05) is 25.1 Å². The van der Waals surface area contributed by atoms with E-state index in [2.05, 4.69) is 10.3 Å². The molecule has 0 bridgehead atoms. The van der Waals surface area contributed by atoms with Gasteiger partial charge in [0.05, 0.1) is 23.7 Å². The summed E-state index contributed by atoms with van der Waals surface area (Å²) >= 11 is 1.08. The third kappa shape index (κ3) is 5.91. The first kappa shape index (κ1) is 13.5. The highest BCUT2D eigenvalue weighted by atomic mass is 32.2. The zero-order chi connectivity index (χ0) is 12.7. The number of carbonyl (C=O) groups is 2. The van der Waals surface area contributed by atoms with Crippen LogP contribution in [0.2, 0.25) is 0 Å². The summed E-state index contributed by atoms with van der Waals surface area (Å²) < 4.78 is 0. The molecule has 1 aromatic heterocycles. The van der Waals surface area contributed by atoms with E-state index in [0.29, 0.717) is 6.54 Å². The molecule has 0 unspecified atom stereocenters. The quantitative estimate of drug-likeness (QED) is 0.786. The number of carbonyl (C=O) groups excluding carboxylic acids is 1. The average Bonchev–Trinajstić information content (AvgIpc) is 2.26. The molecule has 92 valence electrons. The van der Waals surface area contributed by atoms with Gasteiger partial charge in [0.1, 0.15) is 0 Å². The second-order valence-electron chi connectivity index (χ2n) is 3.43. The van der Waals surface area contributed by atoms with Gasteiger partial charge in [0.2, 0.25) is 5.91 Å². The Hall–Kier alpha value is -1.56. The van der Waals surface area contributed by atoms with Crippen LogP contribution in [0, 0.1) is 6.92 Å². The molecule has 0 atom stereocenters. The number of rotatable bonds is 6. The molecule has 0 aliphatic rings. The monoisotopic (exact) mass is 254 g/mol. The highest BCUT2D eigenvalue weighted by Crippen LogP contribution is 2.00. The normalized spacial score (nSPS) is 9.94. The van der Waals surface area contributed by atoms with E-state index in [4.69, 9.17) is 5.11 Å². The molecule has 17 heavy (non-hydrogen) atoms. The van der Waals surface area contributed by atoms with Crippen LogP contribution in [0.3, 0.4) is 0 Å². The lowest BCUT2D eigenvalue weighted by Crippen LogP contribution is -2.25. The fourth-order valence-corrected chi connectivity index (χ4v) is 1.73. The van der Waals surface area contributed by atoms with E-state index in [0.717, 1.165) is 23.1 Å². The number of thioether (sulfide) groups is 1. The molecule has 0 saturated carbocycles. The molecule has 6 heteroatoms. The van der Waals surface area contributed by atoms with E-state index in [-0.39, 0.29) is 17.4 Å². The van der Waals surface area contributed by atoms with Crippen molar-refractivity contribution in [3.63, 3.8) is 0 Å². The summed E-state index contributed by atoms with van der Waals surface area (Å²) in [4.78, 5) is 25.8. The van der Waals surface area contributed by atoms with Gasteiger partial charge in [-0.1, -0.05) is 6.07 Å². The lowest BCUT2D eigenvalue weighted by Gasteiger charge is -2.04. The van der Waals surface area contributed by atoms with E-state index in [1.54, 1.807) is 0 Å². The van der Waals surface area contributed by atoms with Crippen LogP contribution in [0.25, 0.3) is 0 Å². The Balaban J connectivity index is 2.26. The molecular weight excluding hydrogens is 240 g/mol. The summed E-state index contributed by atoms with van der Waals surface area (Å²) in [6.07, 6.45) is 0. The Morgan fingerprint density at radius 2 is 2.18 bits per heavy atom. The maximum absolute atomic E-state index is 11.3. The number of amides is 1. The van der Waals surface area contributed by atoms with Crippen LogP contribution in [-0.2, 0) is 16.1 Å². The van der Waals surface area contributed by atoms with Gasteiger partial charge in [0, 0.05) is 5.69 Å². The molecule has 1 amide bonds. The van der Waals surface area contributed by atoms with Crippen LogP contribution >= 0.6 is 11.8 Å². The minimum Gasteiger partial charge on any atom is -0.481 e. The number of hydrogen-bond acceptors (Lipinski definition) is 4. The highest BCUT2D eigenvalue weighted by Gasteiger charge is 2.04. The number of aliphatic carboxylic acids is 1. The van der Waals surface area contributed by atoms with Crippen molar-refractivity contribution < 1.29 is 14.7 Å². The fraction of sp³-hybridized carbons (Fsp3) is 0.364. The van der Waals surface area contributed by atoms with Crippen molar-refractivity contribution in [2.45, 2.75) is 13.5 Å². The molecule has 0 aromatic carbocycles. The molecule has 0 spiro atoms. The fourth-order valence-electron chi connectivity index (χ4n) is 1.17. The lowest BCUT2D eigenvalue weighted by atomic mass is 10.3. The zero-order valence-electron chi connectivity index (χ0n) is 9.47. The van der Waals surface area contributed by atoms with Crippen molar-refractivity contribution in [1.29, 1.82) is 0 Å². The molecule has 1 heterocycles. The highest BCUT2D eigenvalue weighted by molar-refractivity contribution is 8.00. The van der Waals surface area contributed by atoms with Crippen molar-refractivity contribution in [2.24, 2.45) is 0 Å². The number of carboxylic acids is 1. The predicted octanol–water partition coefficient (Wildman–Crippen LogP) is 0.824. The van der Waals surface area contributed by atoms with Gasteiger partial charge in [-0.05, 0) is 19.1 Å². The molecule has 1 rings (SSSR count). The Morgan fingerprint density at radius 3 is 2.82 bits per heavy atom. The van der Waals surface area contributed by atoms with Gasteiger partial charge >= 0.3 is 5.97 Å². The van der Waals surface area contributed by atoms with Gasteiger partial charge < -0.3 is 10.4 Å². The minimum atomic E-state index is -0.914. The minimum absolute atomic E-state index is 0.0594. The number of nitrogens with one attached hydrogen (secondary N) is 1. The first-order valence-corrected chi connectivity index (χ1v) is 6.22. The number of hydrogen-bond donors (Lipinski definition) is 2. The number of aryl methyl sites for hydroxylation is 1. The standard InChI is InChI=1S/C11H14N2O3S/c1-8-3-2-4-9(13-8)5-12-10(14)6-17-7-11(15)16/h2-4H,5-7H2,1H3,(H,12,14)(H,15,16). The third-order valence-corrected chi connectivity index (χ3v) is 2.79. The molecule has 0 aliphatic carbocycles. The number of nitrogens with zero attached hydrogens (tertiary/aromatic N) is 1. The molecule has 5 nitrogen and oxygen atoms in total. The molecule has 0 aliphatic heterocycles. The van der Waals surface area contributed by atoms with Crippen LogP contribution in [-0.4, -0.2) is 33.5 Å². The maximum atomic E-state index is 11.3. The summed E-state index contributed by atoms with van der Waals surface area (Å²) in [5, 5.41) is 11.1. The average molecular weight is 254 g/mol. The Morgan fingerprint density at radius 1 is 1.41 bits per heavy atom. The Bertz CT molecular complexity index is 409. The summed E-state index contributed by atoms with van der Waals surface area (Å²) in [5.41, 5.74) is 1.69. The second kappa shape index (κ2) is 6.90. The van der Waals surface area contributed by atoms with E-state index in [1.165, 1.54) is 0 Å². The van der Waals surface area contributed by atoms with Crippen LogP contribution in [0.5, 0.6) is 0 Å². The van der Waals surface area contributed by atoms with Crippen LogP contribution in [0.1, 0.15) is 11.4 Å². The van der Waals surface area contributed by atoms with Gasteiger partial charge in [-0.3, -0.25) is 14.6 Å². The van der Waals surface area contributed by atoms with E-state index < -0.39 is 5.97 Å². The molecule has 0 fully saturated rings. The van der Waals surface area contributed by atoms with Gasteiger partial charge in [0.15, 0.2) is 0 Å². The lowest BCUT2D eigenvalue weighted by molar-refractivity contribution is -0.133. The molecular formula is C11H14N2O3S. The summed E-state index contributed by atoms with van der Waals surface area (Å²) in [7, 11) is 0. The predicted molar refractivity (Wildman–Crippen MR) is 65.8 cm³/mol. The van der Waals surface area contributed by atoms with Gasteiger partial charge in [0.25, 0.3) is 0 Å². The topological polar surface area (TPSA) is 79.3 Å². The van der Waals surface area contributed by atoms with Crippen LogP contribution in [0.15, 0.2) is 18.2 Å². The first-order valence-electron chi connectivity index (χ1n) is 5.06. The molecule has 2 N–H and O–H groups in total. The Labute approximate surface area is 104 Å². The van der Waals surface area contributed by atoms with E-state index in [9.17, 15) is 9.59 Å². The number of carboxylic acid groups (broad SMARTS) is 1. The number of aromatic nitrogens is 1. The largest absolute Gasteiger partial charge is 0.481 e. The molecule has 1 aromatic rings.